The third kappa shape index (κ3) is 3.17. The summed E-state index contributed by atoms with van der Waals surface area (Å²) in [4.78, 5) is 6.26. The lowest BCUT2D eigenvalue weighted by Gasteiger charge is -2.32. The minimum absolute atomic E-state index is 0.152. The molecule has 2 aliphatic rings. The van der Waals surface area contributed by atoms with Crippen molar-refractivity contribution in [3.63, 3.8) is 0 Å². The summed E-state index contributed by atoms with van der Waals surface area (Å²) >= 11 is 1.81. The third-order valence-electron chi connectivity index (χ3n) is 5.07. The van der Waals surface area contributed by atoms with Crippen molar-refractivity contribution in [2.45, 2.75) is 70.9 Å². The molecule has 0 radical (unpaired) electrons. The van der Waals surface area contributed by atoms with Crippen LogP contribution in [-0.4, -0.2) is 12.1 Å². The second kappa shape index (κ2) is 5.98. The summed E-state index contributed by atoms with van der Waals surface area (Å²) in [7, 11) is 1.84. The second-order valence-corrected chi connectivity index (χ2v) is 8.63. The minimum atomic E-state index is 0.152. The van der Waals surface area contributed by atoms with E-state index < -0.39 is 0 Å². The van der Waals surface area contributed by atoms with Gasteiger partial charge < -0.3 is 10.5 Å². The standard InChI is InChI=1S/C17H28N2OS/c1-17(2)9-12(18)15-13(10-17)19-16(21-15)14(20-3)11-7-5-4-6-8-11/h11-12,14H,4-10,18H2,1-3H3. The van der Waals surface area contributed by atoms with Crippen LogP contribution in [0.25, 0.3) is 0 Å². The molecule has 21 heavy (non-hydrogen) atoms. The fourth-order valence-corrected chi connectivity index (χ4v) is 5.32. The molecule has 1 aromatic heterocycles. The number of fused-ring (bicyclic) bond motifs is 1. The maximum Gasteiger partial charge on any atom is 0.122 e. The van der Waals surface area contributed by atoms with Crippen molar-refractivity contribution in [2.75, 3.05) is 7.11 Å². The largest absolute Gasteiger partial charge is 0.374 e. The number of nitrogens with two attached hydrogens (primary N) is 1. The Kier molecular flexibility index (Phi) is 4.40. The average molecular weight is 308 g/mol. The molecule has 3 rings (SSSR count). The maximum absolute atomic E-state index is 6.38. The van der Waals surface area contributed by atoms with Gasteiger partial charge in [0.1, 0.15) is 11.1 Å². The van der Waals surface area contributed by atoms with E-state index in [1.807, 2.05) is 18.4 Å². The van der Waals surface area contributed by atoms with Gasteiger partial charge in [-0.05, 0) is 37.0 Å². The van der Waals surface area contributed by atoms with Crippen molar-refractivity contribution in [3.05, 3.63) is 15.6 Å². The van der Waals surface area contributed by atoms with Gasteiger partial charge in [0.2, 0.25) is 0 Å². The highest BCUT2D eigenvalue weighted by atomic mass is 32.1. The van der Waals surface area contributed by atoms with Gasteiger partial charge in [-0.15, -0.1) is 11.3 Å². The lowest BCUT2D eigenvalue weighted by atomic mass is 9.77. The van der Waals surface area contributed by atoms with E-state index in [1.54, 1.807) is 0 Å². The summed E-state index contributed by atoms with van der Waals surface area (Å²) in [6.07, 6.45) is 8.89. The zero-order chi connectivity index (χ0) is 15.0. The Morgan fingerprint density at radius 1 is 1.29 bits per heavy atom. The molecule has 118 valence electrons. The molecule has 0 aromatic carbocycles. The van der Waals surface area contributed by atoms with Crippen molar-refractivity contribution in [2.24, 2.45) is 17.1 Å². The van der Waals surface area contributed by atoms with Crippen molar-refractivity contribution >= 4 is 11.3 Å². The van der Waals surface area contributed by atoms with Crippen molar-refractivity contribution < 1.29 is 4.74 Å². The van der Waals surface area contributed by atoms with Gasteiger partial charge in [0, 0.05) is 18.0 Å². The van der Waals surface area contributed by atoms with E-state index in [-0.39, 0.29) is 17.6 Å². The zero-order valence-electron chi connectivity index (χ0n) is 13.5. The second-order valence-electron chi connectivity index (χ2n) is 7.57. The van der Waals surface area contributed by atoms with Crippen LogP contribution >= 0.6 is 11.3 Å². The molecule has 2 aliphatic carbocycles. The first-order valence-electron chi connectivity index (χ1n) is 8.28. The van der Waals surface area contributed by atoms with Crippen LogP contribution in [0.1, 0.15) is 80.1 Å². The number of rotatable bonds is 3. The molecule has 1 aromatic rings. The molecule has 0 amide bonds. The topological polar surface area (TPSA) is 48.1 Å². The molecule has 0 saturated heterocycles. The van der Waals surface area contributed by atoms with Crippen LogP contribution in [0.3, 0.4) is 0 Å². The molecule has 2 N–H and O–H groups in total. The summed E-state index contributed by atoms with van der Waals surface area (Å²) < 4.78 is 5.85. The Hall–Kier alpha value is -0.450. The first kappa shape index (κ1) is 15.4. The van der Waals surface area contributed by atoms with E-state index in [9.17, 15) is 0 Å². The SMILES string of the molecule is COC(c1nc2c(s1)C(N)CC(C)(C)C2)C1CCCCC1. The number of hydrogen-bond donors (Lipinski definition) is 1. The lowest BCUT2D eigenvalue weighted by molar-refractivity contribution is 0.0351. The fraction of sp³-hybridized carbons (Fsp3) is 0.824. The summed E-state index contributed by atoms with van der Waals surface area (Å²) in [5, 5.41) is 1.17. The van der Waals surface area contributed by atoms with Crippen LogP contribution in [-0.2, 0) is 11.2 Å². The number of aromatic nitrogens is 1. The molecule has 2 atom stereocenters. The van der Waals surface area contributed by atoms with Crippen molar-refractivity contribution in [1.82, 2.24) is 4.98 Å². The van der Waals surface area contributed by atoms with E-state index in [2.05, 4.69) is 13.8 Å². The number of thiazole rings is 1. The van der Waals surface area contributed by atoms with Gasteiger partial charge in [-0.2, -0.15) is 0 Å². The van der Waals surface area contributed by atoms with E-state index in [4.69, 9.17) is 15.5 Å². The van der Waals surface area contributed by atoms with Gasteiger partial charge in [-0.25, -0.2) is 4.98 Å². The number of methoxy groups -OCH3 is 1. The first-order chi connectivity index (χ1) is 10.00. The molecular weight excluding hydrogens is 280 g/mol. The van der Waals surface area contributed by atoms with Crippen LogP contribution in [0.4, 0.5) is 0 Å². The molecular formula is C17H28N2OS. The van der Waals surface area contributed by atoms with E-state index in [0.29, 0.717) is 5.92 Å². The summed E-state index contributed by atoms with van der Waals surface area (Å²) in [6, 6.07) is 0.152. The Morgan fingerprint density at radius 2 is 2.00 bits per heavy atom. The first-order valence-corrected chi connectivity index (χ1v) is 9.10. The van der Waals surface area contributed by atoms with Crippen LogP contribution in [0.2, 0.25) is 0 Å². The Morgan fingerprint density at radius 3 is 2.67 bits per heavy atom. The van der Waals surface area contributed by atoms with Gasteiger partial charge in [-0.1, -0.05) is 33.1 Å². The lowest BCUT2D eigenvalue weighted by Crippen LogP contribution is -2.28. The number of nitrogens with zero attached hydrogens (tertiary/aromatic N) is 1. The van der Waals surface area contributed by atoms with Crippen LogP contribution in [0.15, 0.2) is 0 Å². The number of ether oxygens (including phenoxy) is 1. The highest BCUT2D eigenvalue weighted by molar-refractivity contribution is 7.11. The van der Waals surface area contributed by atoms with Crippen LogP contribution < -0.4 is 5.73 Å². The minimum Gasteiger partial charge on any atom is -0.374 e. The zero-order valence-corrected chi connectivity index (χ0v) is 14.3. The molecule has 4 heteroatoms. The molecule has 1 fully saturated rings. The molecule has 0 bridgehead atoms. The molecule has 3 nitrogen and oxygen atoms in total. The van der Waals surface area contributed by atoms with Crippen molar-refractivity contribution in [1.29, 1.82) is 0 Å². The van der Waals surface area contributed by atoms with Crippen LogP contribution in [0.5, 0.6) is 0 Å². The monoisotopic (exact) mass is 308 g/mol. The quantitative estimate of drug-likeness (QED) is 0.901. The molecule has 0 aliphatic heterocycles. The fourth-order valence-electron chi connectivity index (χ4n) is 4.07. The normalized spacial score (nSPS) is 27.3. The molecule has 0 spiro atoms. The van der Waals surface area contributed by atoms with E-state index in [0.717, 1.165) is 12.8 Å². The maximum atomic E-state index is 6.38. The summed E-state index contributed by atoms with van der Waals surface area (Å²) in [5.41, 5.74) is 7.89. The van der Waals surface area contributed by atoms with E-state index >= 15 is 0 Å². The molecule has 2 unspecified atom stereocenters. The molecule has 1 heterocycles. The Bertz CT molecular complexity index is 491. The smallest absolute Gasteiger partial charge is 0.122 e. The van der Waals surface area contributed by atoms with Gasteiger partial charge >= 0.3 is 0 Å². The summed E-state index contributed by atoms with van der Waals surface area (Å²) in [6.45, 7) is 4.59. The highest BCUT2D eigenvalue weighted by Crippen LogP contribution is 2.45. The highest BCUT2D eigenvalue weighted by Gasteiger charge is 2.35. The Balaban J connectivity index is 1.85. The Labute approximate surface area is 132 Å². The molecule has 1 saturated carbocycles. The van der Waals surface area contributed by atoms with Crippen molar-refractivity contribution in [3.8, 4) is 0 Å². The van der Waals surface area contributed by atoms with Crippen LogP contribution in [0, 0.1) is 11.3 Å². The summed E-state index contributed by atoms with van der Waals surface area (Å²) in [5.74, 6) is 0.639. The number of hydrogen-bond acceptors (Lipinski definition) is 4. The predicted molar refractivity (Wildman–Crippen MR) is 87.5 cm³/mol. The third-order valence-corrected chi connectivity index (χ3v) is 6.37. The van der Waals surface area contributed by atoms with Gasteiger partial charge in [-0.3, -0.25) is 0 Å². The average Bonchev–Trinajstić information content (AvgIpc) is 2.83. The van der Waals surface area contributed by atoms with E-state index in [1.165, 1.54) is 47.7 Å². The van der Waals surface area contributed by atoms with Gasteiger partial charge in [0.25, 0.3) is 0 Å². The predicted octanol–water partition coefficient (Wildman–Crippen LogP) is 4.38. The van der Waals surface area contributed by atoms with Gasteiger partial charge in [0.05, 0.1) is 5.69 Å². The van der Waals surface area contributed by atoms with Gasteiger partial charge in [0.15, 0.2) is 0 Å².